The van der Waals surface area contributed by atoms with Crippen LogP contribution in [0.2, 0.25) is 0 Å². The van der Waals surface area contributed by atoms with Crippen LogP contribution in [-0.4, -0.2) is 5.11 Å². The Morgan fingerprint density at radius 1 is 0.950 bits per heavy atom. The lowest BCUT2D eigenvalue weighted by Crippen LogP contribution is -2.19. The molecule has 0 aromatic heterocycles. The minimum Gasteiger partial charge on any atom is -0.388 e. The second-order valence-corrected chi connectivity index (χ2v) is 6.23. The fourth-order valence-electron chi connectivity index (χ4n) is 3.71. The van der Waals surface area contributed by atoms with Crippen molar-refractivity contribution in [2.24, 2.45) is 5.92 Å². The molecule has 1 aromatic rings. The molecule has 0 radical (unpaired) electrons. The second kappa shape index (κ2) is 7.26. The molecule has 1 aliphatic rings. The van der Waals surface area contributed by atoms with E-state index in [9.17, 15) is 5.11 Å². The lowest BCUT2D eigenvalue weighted by Gasteiger charge is -2.30. The molecule has 1 fully saturated rings. The molecule has 1 atom stereocenters. The molecule has 1 aromatic carbocycles. The molecule has 2 rings (SSSR count). The fraction of sp³-hybridized carbons (Fsp3) is 0.684. The lowest BCUT2D eigenvalue weighted by atomic mass is 9.79. The maximum atomic E-state index is 10.9. The van der Waals surface area contributed by atoms with Crippen molar-refractivity contribution in [3.05, 3.63) is 34.4 Å². The largest absolute Gasteiger partial charge is 0.388 e. The molecule has 0 amide bonds. The van der Waals surface area contributed by atoms with Gasteiger partial charge in [-0.15, -0.1) is 0 Å². The Hall–Kier alpha value is -0.820. The quantitative estimate of drug-likeness (QED) is 0.802. The van der Waals surface area contributed by atoms with Gasteiger partial charge in [-0.3, -0.25) is 0 Å². The van der Waals surface area contributed by atoms with Crippen LogP contribution in [0.3, 0.4) is 0 Å². The van der Waals surface area contributed by atoms with E-state index in [-0.39, 0.29) is 6.10 Å². The van der Waals surface area contributed by atoms with Crippen LogP contribution in [0.4, 0.5) is 0 Å². The van der Waals surface area contributed by atoms with Gasteiger partial charge in [0, 0.05) is 0 Å². The minimum absolute atomic E-state index is 0.244. The fourth-order valence-corrected chi connectivity index (χ4v) is 3.71. The number of hydrogen-bond acceptors (Lipinski definition) is 1. The first kappa shape index (κ1) is 15.6. The summed E-state index contributed by atoms with van der Waals surface area (Å²) in [6.45, 7) is 6.64. The van der Waals surface area contributed by atoms with Gasteiger partial charge in [0.15, 0.2) is 0 Å². The first-order valence-corrected chi connectivity index (χ1v) is 8.53. The van der Waals surface area contributed by atoms with E-state index in [4.69, 9.17) is 0 Å². The Labute approximate surface area is 124 Å². The van der Waals surface area contributed by atoms with Crippen LogP contribution >= 0.6 is 0 Å². The molecule has 1 N–H and O–H groups in total. The van der Waals surface area contributed by atoms with Crippen molar-refractivity contribution in [2.75, 3.05) is 0 Å². The van der Waals surface area contributed by atoms with Crippen molar-refractivity contribution in [2.45, 2.75) is 78.2 Å². The third kappa shape index (κ3) is 3.25. The summed E-state index contributed by atoms with van der Waals surface area (Å²) in [6, 6.07) is 4.64. The van der Waals surface area contributed by atoms with E-state index in [0.717, 1.165) is 19.3 Å². The van der Waals surface area contributed by atoms with Gasteiger partial charge in [0.2, 0.25) is 0 Å². The van der Waals surface area contributed by atoms with E-state index in [1.807, 2.05) is 0 Å². The van der Waals surface area contributed by atoms with Crippen molar-refractivity contribution in [3.8, 4) is 0 Å². The molecule has 20 heavy (non-hydrogen) atoms. The van der Waals surface area contributed by atoms with E-state index in [2.05, 4.69) is 32.9 Å². The molecular weight excluding hydrogens is 244 g/mol. The molecule has 1 unspecified atom stereocenters. The molecule has 1 saturated carbocycles. The number of rotatable bonds is 5. The number of aliphatic hydroxyl groups is 1. The minimum atomic E-state index is -0.244. The zero-order chi connectivity index (χ0) is 14.5. The summed E-state index contributed by atoms with van der Waals surface area (Å²) in [7, 11) is 0. The number of aryl methyl sites for hydroxylation is 3. The molecule has 1 heteroatoms. The molecule has 1 aliphatic carbocycles. The number of benzene rings is 1. The van der Waals surface area contributed by atoms with Crippen LogP contribution in [0.25, 0.3) is 0 Å². The molecule has 0 aliphatic heterocycles. The molecular formula is C19H30O. The zero-order valence-corrected chi connectivity index (χ0v) is 13.4. The van der Waals surface area contributed by atoms with E-state index < -0.39 is 0 Å². The van der Waals surface area contributed by atoms with Crippen LogP contribution < -0.4 is 0 Å². The predicted octanol–water partition coefficient (Wildman–Crippen LogP) is 4.99. The summed E-state index contributed by atoms with van der Waals surface area (Å²) >= 11 is 0. The van der Waals surface area contributed by atoms with Crippen LogP contribution in [0.15, 0.2) is 12.1 Å². The van der Waals surface area contributed by atoms with Crippen LogP contribution in [-0.2, 0) is 19.3 Å². The summed E-state index contributed by atoms with van der Waals surface area (Å²) in [5, 5.41) is 10.9. The van der Waals surface area contributed by atoms with Gasteiger partial charge in [0.25, 0.3) is 0 Å². The van der Waals surface area contributed by atoms with E-state index >= 15 is 0 Å². The Morgan fingerprint density at radius 2 is 1.50 bits per heavy atom. The van der Waals surface area contributed by atoms with Gasteiger partial charge in [-0.05, 0) is 60.3 Å². The van der Waals surface area contributed by atoms with E-state index in [1.165, 1.54) is 54.4 Å². The molecule has 0 spiro atoms. The Kier molecular flexibility index (Phi) is 5.65. The lowest BCUT2D eigenvalue weighted by molar-refractivity contribution is 0.0833. The summed E-state index contributed by atoms with van der Waals surface area (Å²) < 4.78 is 0. The maximum Gasteiger partial charge on any atom is 0.0823 e. The first-order valence-electron chi connectivity index (χ1n) is 8.53. The molecule has 0 heterocycles. The highest BCUT2D eigenvalue weighted by molar-refractivity contribution is 5.41. The average Bonchev–Trinajstić information content (AvgIpc) is 2.53. The van der Waals surface area contributed by atoms with Gasteiger partial charge < -0.3 is 5.11 Å². The Balaban J connectivity index is 2.36. The van der Waals surface area contributed by atoms with Gasteiger partial charge in [0.05, 0.1) is 6.10 Å². The second-order valence-electron chi connectivity index (χ2n) is 6.23. The number of hydrogen-bond donors (Lipinski definition) is 1. The first-order chi connectivity index (χ1) is 9.71. The topological polar surface area (TPSA) is 20.2 Å². The van der Waals surface area contributed by atoms with Crippen molar-refractivity contribution < 1.29 is 5.11 Å². The SMILES string of the molecule is CCc1cc(CC)c(C(O)C2CCCCC2)c(CC)c1. The maximum absolute atomic E-state index is 10.9. The molecule has 0 bridgehead atoms. The normalized spacial score (nSPS) is 18.2. The average molecular weight is 274 g/mol. The summed E-state index contributed by atoms with van der Waals surface area (Å²) in [4.78, 5) is 0. The van der Waals surface area contributed by atoms with Gasteiger partial charge in [-0.1, -0.05) is 52.2 Å². The summed E-state index contributed by atoms with van der Waals surface area (Å²) in [5.74, 6) is 0.479. The molecule has 112 valence electrons. The van der Waals surface area contributed by atoms with Crippen LogP contribution in [0.5, 0.6) is 0 Å². The van der Waals surface area contributed by atoms with Crippen molar-refractivity contribution >= 4 is 0 Å². The highest BCUT2D eigenvalue weighted by Crippen LogP contribution is 2.37. The van der Waals surface area contributed by atoms with Crippen molar-refractivity contribution in [1.29, 1.82) is 0 Å². The van der Waals surface area contributed by atoms with E-state index in [0.29, 0.717) is 5.92 Å². The summed E-state index contributed by atoms with van der Waals surface area (Å²) in [5.41, 5.74) is 5.43. The third-order valence-electron chi connectivity index (χ3n) is 4.97. The zero-order valence-electron chi connectivity index (χ0n) is 13.4. The predicted molar refractivity (Wildman–Crippen MR) is 86.1 cm³/mol. The highest BCUT2D eigenvalue weighted by atomic mass is 16.3. The van der Waals surface area contributed by atoms with Gasteiger partial charge in [-0.25, -0.2) is 0 Å². The number of aliphatic hydroxyl groups excluding tert-OH is 1. The molecule has 1 nitrogen and oxygen atoms in total. The van der Waals surface area contributed by atoms with E-state index in [1.54, 1.807) is 0 Å². The van der Waals surface area contributed by atoms with Gasteiger partial charge in [-0.2, -0.15) is 0 Å². The highest BCUT2D eigenvalue weighted by Gasteiger charge is 2.26. The third-order valence-corrected chi connectivity index (χ3v) is 4.97. The smallest absolute Gasteiger partial charge is 0.0823 e. The van der Waals surface area contributed by atoms with Crippen molar-refractivity contribution in [3.63, 3.8) is 0 Å². The van der Waals surface area contributed by atoms with Crippen LogP contribution in [0.1, 0.15) is 81.2 Å². The summed E-state index contributed by atoms with van der Waals surface area (Å²) in [6.07, 6.45) is 9.21. The van der Waals surface area contributed by atoms with Crippen molar-refractivity contribution in [1.82, 2.24) is 0 Å². The van der Waals surface area contributed by atoms with Gasteiger partial charge >= 0.3 is 0 Å². The molecule has 0 saturated heterocycles. The monoisotopic (exact) mass is 274 g/mol. The Morgan fingerprint density at radius 3 is 1.95 bits per heavy atom. The standard InChI is InChI=1S/C19H30O/c1-4-14-12-15(5-2)18(16(6-3)13-14)19(20)17-10-8-7-9-11-17/h12-13,17,19-20H,4-11H2,1-3H3. The Bertz CT molecular complexity index is 404. The van der Waals surface area contributed by atoms with Crippen LogP contribution in [0, 0.1) is 5.92 Å². The van der Waals surface area contributed by atoms with Gasteiger partial charge in [0.1, 0.15) is 0 Å².